The van der Waals surface area contributed by atoms with Crippen LogP contribution in [-0.2, 0) is 0 Å². The molecule has 0 saturated heterocycles. The zero-order valence-electron chi connectivity index (χ0n) is 12.8. The van der Waals surface area contributed by atoms with Crippen LogP contribution in [0.1, 0.15) is 26.7 Å². The standard InChI is InChI=1S/C18H23BrO2/c1-14(2)13-21-18-10-9-17(20-12-6-5-11-19)15-7-3-4-8-16(15)18/h3-4,7-10,14H,5-6,11-13H2,1-2H3. The van der Waals surface area contributed by atoms with Crippen LogP contribution in [0, 0.1) is 5.92 Å². The molecular formula is C18H23BrO2. The van der Waals surface area contributed by atoms with Gasteiger partial charge in [-0.2, -0.15) is 0 Å². The summed E-state index contributed by atoms with van der Waals surface area (Å²) in [4.78, 5) is 0. The summed E-state index contributed by atoms with van der Waals surface area (Å²) >= 11 is 3.44. The molecule has 114 valence electrons. The molecule has 21 heavy (non-hydrogen) atoms. The first-order chi connectivity index (χ1) is 10.2. The van der Waals surface area contributed by atoms with Gasteiger partial charge in [-0.15, -0.1) is 0 Å². The number of hydrogen-bond donors (Lipinski definition) is 0. The molecule has 0 heterocycles. The summed E-state index contributed by atoms with van der Waals surface area (Å²) in [6.45, 7) is 5.80. The van der Waals surface area contributed by atoms with Gasteiger partial charge in [0.2, 0.25) is 0 Å². The molecule has 0 aliphatic rings. The lowest BCUT2D eigenvalue weighted by Crippen LogP contribution is -2.05. The van der Waals surface area contributed by atoms with E-state index in [4.69, 9.17) is 9.47 Å². The molecule has 0 aliphatic carbocycles. The number of ether oxygens (including phenoxy) is 2. The van der Waals surface area contributed by atoms with Crippen molar-refractivity contribution in [2.24, 2.45) is 5.92 Å². The van der Waals surface area contributed by atoms with Crippen molar-refractivity contribution in [1.29, 1.82) is 0 Å². The molecule has 2 rings (SSSR count). The topological polar surface area (TPSA) is 18.5 Å². The maximum atomic E-state index is 5.93. The molecule has 0 radical (unpaired) electrons. The molecule has 2 aromatic rings. The fourth-order valence-electron chi connectivity index (χ4n) is 2.13. The molecule has 2 nitrogen and oxygen atoms in total. The minimum Gasteiger partial charge on any atom is -0.493 e. The Labute approximate surface area is 135 Å². The molecule has 2 aromatic carbocycles. The summed E-state index contributed by atoms with van der Waals surface area (Å²) in [5.74, 6) is 2.40. The van der Waals surface area contributed by atoms with E-state index < -0.39 is 0 Å². The maximum absolute atomic E-state index is 5.93. The summed E-state index contributed by atoms with van der Waals surface area (Å²) in [5.41, 5.74) is 0. The van der Waals surface area contributed by atoms with E-state index in [2.05, 4.69) is 41.9 Å². The second-order valence-electron chi connectivity index (χ2n) is 5.56. The third kappa shape index (κ3) is 4.63. The van der Waals surface area contributed by atoms with Crippen molar-refractivity contribution in [2.75, 3.05) is 18.5 Å². The predicted octanol–water partition coefficient (Wildman–Crippen LogP) is 5.43. The third-order valence-electron chi connectivity index (χ3n) is 3.20. The van der Waals surface area contributed by atoms with Crippen molar-refractivity contribution in [3.8, 4) is 11.5 Å². The van der Waals surface area contributed by atoms with Crippen LogP contribution in [0.25, 0.3) is 10.8 Å². The summed E-state index contributed by atoms with van der Waals surface area (Å²) in [5, 5.41) is 3.27. The Hall–Kier alpha value is -1.22. The average molecular weight is 351 g/mol. The summed E-state index contributed by atoms with van der Waals surface area (Å²) in [6, 6.07) is 12.3. The number of alkyl halides is 1. The van der Waals surface area contributed by atoms with Crippen molar-refractivity contribution < 1.29 is 9.47 Å². The summed E-state index contributed by atoms with van der Waals surface area (Å²) in [6.07, 6.45) is 2.19. The van der Waals surface area contributed by atoms with Crippen molar-refractivity contribution in [3.63, 3.8) is 0 Å². The van der Waals surface area contributed by atoms with E-state index in [9.17, 15) is 0 Å². The molecule has 0 aromatic heterocycles. The van der Waals surface area contributed by atoms with Gasteiger partial charge in [-0.1, -0.05) is 54.0 Å². The van der Waals surface area contributed by atoms with Crippen LogP contribution in [0.3, 0.4) is 0 Å². The molecular weight excluding hydrogens is 328 g/mol. The molecule has 0 N–H and O–H groups in total. The Kier molecular flexibility index (Phi) is 6.37. The van der Waals surface area contributed by atoms with E-state index >= 15 is 0 Å². The number of hydrogen-bond acceptors (Lipinski definition) is 2. The Balaban J connectivity index is 2.18. The van der Waals surface area contributed by atoms with E-state index in [-0.39, 0.29) is 0 Å². The van der Waals surface area contributed by atoms with E-state index in [1.54, 1.807) is 0 Å². The Bertz CT molecular complexity index is 566. The van der Waals surface area contributed by atoms with Crippen LogP contribution in [0.2, 0.25) is 0 Å². The van der Waals surface area contributed by atoms with E-state index in [1.807, 2.05) is 24.3 Å². The van der Waals surface area contributed by atoms with Gasteiger partial charge >= 0.3 is 0 Å². The first-order valence-corrected chi connectivity index (χ1v) is 8.68. The molecule has 0 fully saturated rings. The van der Waals surface area contributed by atoms with Gasteiger partial charge in [-0.05, 0) is 30.9 Å². The van der Waals surface area contributed by atoms with Crippen molar-refractivity contribution in [1.82, 2.24) is 0 Å². The van der Waals surface area contributed by atoms with Crippen LogP contribution in [-0.4, -0.2) is 18.5 Å². The second-order valence-corrected chi connectivity index (χ2v) is 6.35. The number of halogens is 1. The predicted molar refractivity (Wildman–Crippen MR) is 92.8 cm³/mol. The highest BCUT2D eigenvalue weighted by atomic mass is 79.9. The zero-order valence-corrected chi connectivity index (χ0v) is 14.4. The first-order valence-electron chi connectivity index (χ1n) is 7.55. The van der Waals surface area contributed by atoms with Crippen LogP contribution in [0.4, 0.5) is 0 Å². The first kappa shape index (κ1) is 16.2. The highest BCUT2D eigenvalue weighted by Gasteiger charge is 2.08. The molecule has 0 atom stereocenters. The number of benzene rings is 2. The van der Waals surface area contributed by atoms with Crippen LogP contribution < -0.4 is 9.47 Å². The normalized spacial score (nSPS) is 11.0. The number of rotatable bonds is 8. The Morgan fingerprint density at radius 1 is 0.905 bits per heavy atom. The molecule has 0 saturated carbocycles. The fourth-order valence-corrected chi connectivity index (χ4v) is 2.53. The molecule has 0 amide bonds. The molecule has 0 unspecified atom stereocenters. The minimum atomic E-state index is 0.518. The van der Waals surface area contributed by atoms with E-state index in [0.717, 1.165) is 53.7 Å². The molecule has 0 aliphatic heterocycles. The van der Waals surface area contributed by atoms with Gasteiger partial charge in [0, 0.05) is 16.1 Å². The monoisotopic (exact) mass is 350 g/mol. The molecule has 0 spiro atoms. The van der Waals surface area contributed by atoms with Gasteiger partial charge < -0.3 is 9.47 Å². The lowest BCUT2D eigenvalue weighted by Gasteiger charge is -2.14. The smallest absolute Gasteiger partial charge is 0.127 e. The summed E-state index contributed by atoms with van der Waals surface area (Å²) < 4.78 is 11.8. The Morgan fingerprint density at radius 2 is 1.52 bits per heavy atom. The van der Waals surface area contributed by atoms with Gasteiger partial charge in [0.05, 0.1) is 13.2 Å². The largest absolute Gasteiger partial charge is 0.493 e. The second kappa shape index (κ2) is 8.28. The van der Waals surface area contributed by atoms with E-state index in [0.29, 0.717) is 5.92 Å². The van der Waals surface area contributed by atoms with Gasteiger partial charge in [-0.3, -0.25) is 0 Å². The zero-order chi connectivity index (χ0) is 15.1. The van der Waals surface area contributed by atoms with Gasteiger partial charge in [0.1, 0.15) is 11.5 Å². The maximum Gasteiger partial charge on any atom is 0.127 e. The Morgan fingerprint density at radius 3 is 2.10 bits per heavy atom. The highest BCUT2D eigenvalue weighted by molar-refractivity contribution is 9.09. The van der Waals surface area contributed by atoms with Gasteiger partial charge in [-0.25, -0.2) is 0 Å². The van der Waals surface area contributed by atoms with Gasteiger partial charge in [0.25, 0.3) is 0 Å². The van der Waals surface area contributed by atoms with E-state index in [1.165, 1.54) is 0 Å². The lowest BCUT2D eigenvalue weighted by atomic mass is 10.1. The molecule has 3 heteroatoms. The highest BCUT2D eigenvalue weighted by Crippen LogP contribution is 2.33. The fraction of sp³-hybridized carbons (Fsp3) is 0.444. The van der Waals surface area contributed by atoms with Crippen molar-refractivity contribution >= 4 is 26.7 Å². The molecule has 0 bridgehead atoms. The quantitative estimate of drug-likeness (QED) is 0.466. The van der Waals surface area contributed by atoms with Gasteiger partial charge in [0.15, 0.2) is 0 Å². The summed E-state index contributed by atoms with van der Waals surface area (Å²) in [7, 11) is 0. The van der Waals surface area contributed by atoms with Crippen LogP contribution >= 0.6 is 15.9 Å². The minimum absolute atomic E-state index is 0.518. The van der Waals surface area contributed by atoms with Crippen LogP contribution in [0.15, 0.2) is 36.4 Å². The SMILES string of the molecule is CC(C)COc1ccc(OCCCCBr)c2ccccc12. The number of fused-ring (bicyclic) bond motifs is 1. The third-order valence-corrected chi connectivity index (χ3v) is 3.76. The van der Waals surface area contributed by atoms with Crippen molar-refractivity contribution in [2.45, 2.75) is 26.7 Å². The van der Waals surface area contributed by atoms with Crippen molar-refractivity contribution in [3.05, 3.63) is 36.4 Å². The average Bonchev–Trinajstić information content (AvgIpc) is 2.50. The lowest BCUT2D eigenvalue weighted by molar-refractivity contribution is 0.273. The number of unbranched alkanes of at least 4 members (excludes halogenated alkanes) is 1. The van der Waals surface area contributed by atoms with Crippen LogP contribution in [0.5, 0.6) is 11.5 Å².